The molecule has 0 atom stereocenters. The number of aryl methyl sites for hydroxylation is 1. The Morgan fingerprint density at radius 2 is 1.89 bits per heavy atom. The average Bonchev–Trinajstić information content (AvgIpc) is 2.87. The molecule has 1 aliphatic rings. The molecule has 0 saturated heterocycles. The quantitative estimate of drug-likeness (QED) is 0.751. The van der Waals surface area contributed by atoms with Crippen LogP contribution in [0.2, 0.25) is 0 Å². The first-order valence-electron chi connectivity index (χ1n) is 6.12. The first kappa shape index (κ1) is 11.0. The molecule has 0 aliphatic carbocycles. The number of rotatable bonds is 2. The Bertz CT molecular complexity index is 597. The molecule has 0 N–H and O–H groups in total. The van der Waals surface area contributed by atoms with E-state index in [1.54, 1.807) is 0 Å². The van der Waals surface area contributed by atoms with Crippen molar-refractivity contribution in [2.45, 2.75) is 13.3 Å². The second-order valence-electron chi connectivity index (χ2n) is 4.59. The molecule has 2 aromatic rings. The third-order valence-electron chi connectivity index (χ3n) is 3.27. The Hall–Kier alpha value is -2.09. The summed E-state index contributed by atoms with van der Waals surface area (Å²) in [5, 5.41) is 0. The number of benzene rings is 2. The van der Waals surface area contributed by atoms with Gasteiger partial charge in [0.15, 0.2) is 5.78 Å². The van der Waals surface area contributed by atoms with Gasteiger partial charge in [-0.3, -0.25) is 4.79 Å². The molecule has 1 aliphatic heterocycles. The molecule has 2 aromatic carbocycles. The van der Waals surface area contributed by atoms with Crippen molar-refractivity contribution in [3.05, 3.63) is 64.7 Å². The maximum Gasteiger partial charge on any atom is 0.196 e. The minimum Gasteiger partial charge on any atom is -0.492 e. The van der Waals surface area contributed by atoms with Crippen LogP contribution in [0.1, 0.15) is 27.0 Å². The third-order valence-corrected chi connectivity index (χ3v) is 3.27. The van der Waals surface area contributed by atoms with E-state index in [0.29, 0.717) is 17.7 Å². The van der Waals surface area contributed by atoms with Crippen LogP contribution in [-0.2, 0) is 6.42 Å². The highest BCUT2D eigenvalue weighted by atomic mass is 16.5. The lowest BCUT2D eigenvalue weighted by molar-refractivity contribution is 0.103. The molecule has 0 spiro atoms. The standard InChI is InChI=1S/C16H14O2/c1-11-5-7-12(8-6-11)15(17)14-4-2-3-13-9-10-18-16(13)14/h2-8H,9-10H2,1H3. The first-order valence-corrected chi connectivity index (χ1v) is 6.12. The van der Waals surface area contributed by atoms with Crippen molar-refractivity contribution < 1.29 is 9.53 Å². The van der Waals surface area contributed by atoms with Gasteiger partial charge in [0.25, 0.3) is 0 Å². The summed E-state index contributed by atoms with van der Waals surface area (Å²) < 4.78 is 5.58. The smallest absolute Gasteiger partial charge is 0.196 e. The van der Waals surface area contributed by atoms with Crippen LogP contribution in [0, 0.1) is 6.92 Å². The zero-order valence-electron chi connectivity index (χ0n) is 10.3. The van der Waals surface area contributed by atoms with E-state index >= 15 is 0 Å². The van der Waals surface area contributed by atoms with Crippen molar-refractivity contribution in [3.8, 4) is 5.75 Å². The lowest BCUT2D eigenvalue weighted by Crippen LogP contribution is -2.03. The van der Waals surface area contributed by atoms with E-state index in [2.05, 4.69) is 0 Å². The number of carbonyl (C=O) groups is 1. The van der Waals surface area contributed by atoms with E-state index in [1.165, 1.54) is 0 Å². The van der Waals surface area contributed by atoms with Crippen LogP contribution in [0.25, 0.3) is 0 Å². The van der Waals surface area contributed by atoms with Crippen LogP contribution in [0.4, 0.5) is 0 Å². The summed E-state index contributed by atoms with van der Waals surface area (Å²) in [6, 6.07) is 13.4. The monoisotopic (exact) mass is 238 g/mol. The van der Waals surface area contributed by atoms with E-state index in [-0.39, 0.29) is 5.78 Å². The molecule has 90 valence electrons. The maximum atomic E-state index is 12.4. The highest BCUT2D eigenvalue weighted by Crippen LogP contribution is 2.30. The minimum atomic E-state index is 0.0359. The Labute approximate surface area is 106 Å². The second kappa shape index (κ2) is 4.30. The van der Waals surface area contributed by atoms with Gasteiger partial charge in [-0.05, 0) is 18.6 Å². The number of hydrogen-bond donors (Lipinski definition) is 0. The number of carbonyl (C=O) groups excluding carboxylic acids is 1. The Morgan fingerprint density at radius 3 is 2.67 bits per heavy atom. The molecule has 0 saturated carbocycles. The fourth-order valence-electron chi connectivity index (χ4n) is 2.25. The third kappa shape index (κ3) is 1.80. The van der Waals surface area contributed by atoms with E-state index in [0.717, 1.165) is 23.3 Å². The number of ether oxygens (including phenoxy) is 1. The molecule has 0 unspecified atom stereocenters. The number of fused-ring (bicyclic) bond motifs is 1. The number of hydrogen-bond acceptors (Lipinski definition) is 2. The molecule has 0 aromatic heterocycles. The lowest BCUT2D eigenvalue weighted by Gasteiger charge is -2.07. The summed E-state index contributed by atoms with van der Waals surface area (Å²) >= 11 is 0. The molecule has 2 nitrogen and oxygen atoms in total. The highest BCUT2D eigenvalue weighted by Gasteiger charge is 2.21. The highest BCUT2D eigenvalue weighted by molar-refractivity contribution is 6.11. The molecule has 0 radical (unpaired) electrons. The Balaban J connectivity index is 2.03. The van der Waals surface area contributed by atoms with E-state index < -0.39 is 0 Å². The van der Waals surface area contributed by atoms with Gasteiger partial charge < -0.3 is 4.74 Å². The molecular weight excluding hydrogens is 224 g/mol. The van der Waals surface area contributed by atoms with Gasteiger partial charge in [0.2, 0.25) is 0 Å². The summed E-state index contributed by atoms with van der Waals surface area (Å²) in [6.07, 6.45) is 0.893. The lowest BCUT2D eigenvalue weighted by atomic mass is 9.99. The van der Waals surface area contributed by atoms with Gasteiger partial charge in [0, 0.05) is 12.0 Å². The van der Waals surface area contributed by atoms with E-state index in [1.807, 2.05) is 49.4 Å². The summed E-state index contributed by atoms with van der Waals surface area (Å²) in [5.74, 6) is 0.803. The number of para-hydroxylation sites is 1. The Morgan fingerprint density at radius 1 is 1.11 bits per heavy atom. The van der Waals surface area contributed by atoms with Gasteiger partial charge in [-0.1, -0.05) is 42.0 Å². The van der Waals surface area contributed by atoms with Gasteiger partial charge >= 0.3 is 0 Å². The van der Waals surface area contributed by atoms with E-state index in [9.17, 15) is 4.79 Å². The van der Waals surface area contributed by atoms with Crippen LogP contribution in [-0.4, -0.2) is 12.4 Å². The summed E-state index contributed by atoms with van der Waals surface area (Å²) in [5.41, 5.74) is 3.67. The van der Waals surface area contributed by atoms with Crippen molar-refractivity contribution in [2.24, 2.45) is 0 Å². The minimum absolute atomic E-state index is 0.0359. The first-order chi connectivity index (χ1) is 8.75. The average molecular weight is 238 g/mol. The zero-order chi connectivity index (χ0) is 12.5. The molecule has 0 amide bonds. The predicted molar refractivity (Wildman–Crippen MR) is 70.3 cm³/mol. The fourth-order valence-corrected chi connectivity index (χ4v) is 2.25. The van der Waals surface area contributed by atoms with Crippen molar-refractivity contribution in [2.75, 3.05) is 6.61 Å². The van der Waals surface area contributed by atoms with Crippen LogP contribution in [0.3, 0.4) is 0 Å². The van der Waals surface area contributed by atoms with Gasteiger partial charge in [-0.15, -0.1) is 0 Å². The van der Waals surface area contributed by atoms with Gasteiger partial charge in [0.1, 0.15) is 5.75 Å². The normalized spacial score (nSPS) is 12.9. The fraction of sp³-hybridized carbons (Fsp3) is 0.188. The van der Waals surface area contributed by atoms with Crippen molar-refractivity contribution in [3.63, 3.8) is 0 Å². The summed E-state index contributed by atoms with van der Waals surface area (Å²) in [4.78, 5) is 12.4. The van der Waals surface area contributed by atoms with Gasteiger partial charge in [0.05, 0.1) is 12.2 Å². The van der Waals surface area contributed by atoms with Crippen LogP contribution in [0.15, 0.2) is 42.5 Å². The number of ketones is 1. The maximum absolute atomic E-state index is 12.4. The van der Waals surface area contributed by atoms with Gasteiger partial charge in [-0.2, -0.15) is 0 Å². The van der Waals surface area contributed by atoms with Crippen molar-refractivity contribution in [1.29, 1.82) is 0 Å². The molecule has 3 rings (SSSR count). The summed E-state index contributed by atoms with van der Waals surface area (Å²) in [6.45, 7) is 2.69. The van der Waals surface area contributed by atoms with Crippen LogP contribution in [0.5, 0.6) is 5.75 Å². The van der Waals surface area contributed by atoms with Crippen molar-refractivity contribution in [1.82, 2.24) is 0 Å². The second-order valence-corrected chi connectivity index (χ2v) is 4.59. The van der Waals surface area contributed by atoms with Crippen LogP contribution >= 0.6 is 0 Å². The van der Waals surface area contributed by atoms with E-state index in [4.69, 9.17) is 4.74 Å². The van der Waals surface area contributed by atoms with Crippen LogP contribution < -0.4 is 4.74 Å². The molecule has 0 fully saturated rings. The van der Waals surface area contributed by atoms with Gasteiger partial charge in [-0.25, -0.2) is 0 Å². The summed E-state index contributed by atoms with van der Waals surface area (Å²) in [7, 11) is 0. The molecule has 0 bridgehead atoms. The predicted octanol–water partition coefficient (Wildman–Crippen LogP) is 3.16. The SMILES string of the molecule is Cc1ccc(C(=O)c2cccc3c2OCC3)cc1. The Kier molecular flexibility index (Phi) is 2.63. The molecule has 2 heteroatoms. The topological polar surface area (TPSA) is 26.3 Å². The largest absolute Gasteiger partial charge is 0.492 e. The molecule has 18 heavy (non-hydrogen) atoms. The zero-order valence-corrected chi connectivity index (χ0v) is 10.3. The molecular formula is C16H14O2. The van der Waals surface area contributed by atoms with Crippen molar-refractivity contribution >= 4 is 5.78 Å². The molecule has 1 heterocycles.